The molecule has 2 aliphatic rings. The summed E-state index contributed by atoms with van der Waals surface area (Å²) in [6.45, 7) is 26.8. The molecule has 0 spiro atoms. The Balaban J connectivity index is 1.54. The molecular formula is C38H60N2. The third-order valence-electron chi connectivity index (χ3n) is 10.9. The van der Waals surface area contributed by atoms with Crippen LogP contribution in [0, 0.1) is 0 Å². The lowest BCUT2D eigenvalue weighted by Crippen LogP contribution is -2.49. The molecule has 2 unspecified atom stereocenters. The zero-order chi connectivity index (χ0) is 29.3. The van der Waals surface area contributed by atoms with E-state index in [2.05, 4.69) is 128 Å². The lowest BCUT2D eigenvalue weighted by molar-refractivity contribution is 0.0725. The van der Waals surface area contributed by atoms with Gasteiger partial charge in [0, 0.05) is 34.0 Å². The summed E-state index contributed by atoms with van der Waals surface area (Å²) in [5, 5.41) is 0. The lowest BCUT2D eigenvalue weighted by atomic mass is 9.80. The van der Waals surface area contributed by atoms with Crippen LogP contribution < -0.4 is 0 Å². The molecule has 2 aliphatic heterocycles. The molecule has 2 heterocycles. The third kappa shape index (κ3) is 6.10. The van der Waals surface area contributed by atoms with Crippen LogP contribution in [-0.4, -0.2) is 45.0 Å². The molecule has 2 heteroatoms. The summed E-state index contributed by atoms with van der Waals surface area (Å²) in [4.78, 5) is 5.60. The van der Waals surface area contributed by atoms with E-state index >= 15 is 0 Å². The van der Waals surface area contributed by atoms with Gasteiger partial charge in [0.1, 0.15) is 0 Å². The van der Waals surface area contributed by atoms with Gasteiger partial charge in [-0.1, -0.05) is 88.1 Å². The van der Waals surface area contributed by atoms with Crippen molar-refractivity contribution in [3.8, 4) is 11.1 Å². The number of rotatable bonds is 11. The van der Waals surface area contributed by atoms with E-state index in [1.807, 2.05) is 0 Å². The summed E-state index contributed by atoms with van der Waals surface area (Å²) in [6, 6.07) is 19.1. The average molecular weight is 545 g/mol. The minimum Gasteiger partial charge on any atom is -0.292 e. The summed E-state index contributed by atoms with van der Waals surface area (Å²) < 4.78 is 0. The Morgan fingerprint density at radius 1 is 0.575 bits per heavy atom. The Labute approximate surface area is 247 Å². The highest BCUT2D eigenvalue weighted by molar-refractivity contribution is 5.65. The van der Waals surface area contributed by atoms with Gasteiger partial charge in [-0.25, -0.2) is 0 Å². The predicted molar refractivity (Wildman–Crippen MR) is 175 cm³/mol. The smallest absolute Gasteiger partial charge is 0.0227 e. The topological polar surface area (TPSA) is 6.48 Å². The van der Waals surface area contributed by atoms with Gasteiger partial charge in [-0.05, 0) is 116 Å². The first kappa shape index (κ1) is 31.3. The van der Waals surface area contributed by atoms with Gasteiger partial charge < -0.3 is 0 Å². The number of unbranched alkanes of at least 4 members (excludes halogenated alkanes) is 4. The summed E-state index contributed by atoms with van der Waals surface area (Å²) in [6.07, 6.45) is 10.3. The zero-order valence-electron chi connectivity index (χ0n) is 27.7. The van der Waals surface area contributed by atoms with Crippen LogP contribution in [0.25, 0.3) is 11.1 Å². The van der Waals surface area contributed by atoms with E-state index in [1.54, 1.807) is 0 Å². The number of benzene rings is 2. The van der Waals surface area contributed by atoms with E-state index in [4.69, 9.17) is 0 Å². The van der Waals surface area contributed by atoms with Crippen LogP contribution in [0.5, 0.6) is 0 Å². The first-order valence-corrected chi connectivity index (χ1v) is 16.5. The van der Waals surface area contributed by atoms with Gasteiger partial charge in [0.05, 0.1) is 0 Å². The molecule has 2 aromatic rings. The Morgan fingerprint density at radius 2 is 1.05 bits per heavy atom. The van der Waals surface area contributed by atoms with E-state index in [0.717, 1.165) is 0 Å². The van der Waals surface area contributed by atoms with Gasteiger partial charge in [0.15, 0.2) is 0 Å². The van der Waals surface area contributed by atoms with Crippen LogP contribution in [0.15, 0.2) is 48.5 Å². The summed E-state index contributed by atoms with van der Waals surface area (Å²) in [5.41, 5.74) is 6.49. The second-order valence-corrected chi connectivity index (χ2v) is 15.4. The van der Waals surface area contributed by atoms with Crippen molar-refractivity contribution in [2.45, 2.75) is 155 Å². The fraction of sp³-hybridized carbons (Fsp3) is 0.684. The molecule has 222 valence electrons. The molecule has 2 atom stereocenters. The van der Waals surface area contributed by atoms with E-state index in [1.165, 1.54) is 86.7 Å². The van der Waals surface area contributed by atoms with Crippen LogP contribution in [0.4, 0.5) is 0 Å². The molecule has 2 aromatic carbocycles. The maximum absolute atomic E-state index is 2.80. The third-order valence-corrected chi connectivity index (χ3v) is 10.9. The van der Waals surface area contributed by atoms with Crippen LogP contribution in [0.3, 0.4) is 0 Å². The van der Waals surface area contributed by atoms with Crippen LogP contribution in [0.1, 0.15) is 144 Å². The first-order valence-electron chi connectivity index (χ1n) is 16.5. The molecule has 0 bridgehead atoms. The van der Waals surface area contributed by atoms with Crippen molar-refractivity contribution in [3.05, 3.63) is 59.7 Å². The van der Waals surface area contributed by atoms with Crippen molar-refractivity contribution in [3.63, 3.8) is 0 Å². The summed E-state index contributed by atoms with van der Waals surface area (Å²) in [5.74, 6) is 1.10. The Bertz CT molecular complexity index is 1110. The fourth-order valence-corrected chi connectivity index (χ4v) is 8.77. The Morgan fingerprint density at radius 3 is 1.52 bits per heavy atom. The number of hydrogen-bond acceptors (Lipinski definition) is 2. The van der Waals surface area contributed by atoms with Crippen LogP contribution >= 0.6 is 0 Å². The highest BCUT2D eigenvalue weighted by Crippen LogP contribution is 2.52. The molecule has 2 nitrogen and oxygen atoms in total. The molecule has 2 saturated heterocycles. The first-order chi connectivity index (χ1) is 18.8. The van der Waals surface area contributed by atoms with Gasteiger partial charge in [0.25, 0.3) is 0 Å². The quantitative estimate of drug-likeness (QED) is 0.260. The van der Waals surface area contributed by atoms with E-state index in [0.29, 0.717) is 11.8 Å². The van der Waals surface area contributed by atoms with Crippen LogP contribution in [-0.2, 0) is 0 Å². The number of nitrogens with zero attached hydrogens (tertiary/aromatic N) is 2. The summed E-state index contributed by atoms with van der Waals surface area (Å²) >= 11 is 0. The Hall–Kier alpha value is -1.64. The standard InChI is InChI=1S/C38H60N2/c1-11-13-15-24-39-35(3,4)27-33(37(39,7)8)30-22-20-29(21-23-30)31-18-17-19-32(26-31)34-28-36(5,6)40(38(34,9)10)25-16-14-12-2/h17-23,26,33-34H,11-16,24-25,27-28H2,1-10H3. The molecule has 0 saturated carbocycles. The minimum atomic E-state index is 0.156. The molecule has 2 fully saturated rings. The molecule has 40 heavy (non-hydrogen) atoms. The van der Waals surface area contributed by atoms with Gasteiger partial charge in [-0.15, -0.1) is 0 Å². The van der Waals surface area contributed by atoms with Crippen LogP contribution in [0.2, 0.25) is 0 Å². The van der Waals surface area contributed by atoms with E-state index in [-0.39, 0.29) is 22.2 Å². The molecule has 0 N–H and O–H groups in total. The zero-order valence-corrected chi connectivity index (χ0v) is 27.7. The van der Waals surface area contributed by atoms with Crippen molar-refractivity contribution in [1.29, 1.82) is 0 Å². The fourth-order valence-electron chi connectivity index (χ4n) is 8.77. The van der Waals surface area contributed by atoms with Crippen molar-refractivity contribution in [2.24, 2.45) is 0 Å². The Kier molecular flexibility index (Phi) is 9.33. The molecule has 4 rings (SSSR count). The molecule has 0 aromatic heterocycles. The second kappa shape index (κ2) is 11.9. The maximum atomic E-state index is 2.80. The normalized spacial score (nSPS) is 25.4. The van der Waals surface area contributed by atoms with E-state index < -0.39 is 0 Å². The SMILES string of the molecule is CCCCCN1C(C)(C)CC(c2ccc(-c3cccc(C4CC(C)(C)N(CCCCC)C4(C)C)c3)cc2)C1(C)C. The second-order valence-electron chi connectivity index (χ2n) is 15.4. The van der Waals surface area contributed by atoms with Crippen molar-refractivity contribution >= 4 is 0 Å². The number of likely N-dealkylation sites (tertiary alicyclic amines) is 2. The molecule has 0 aliphatic carbocycles. The predicted octanol–water partition coefficient (Wildman–Crippen LogP) is 10.4. The van der Waals surface area contributed by atoms with Crippen molar-refractivity contribution < 1.29 is 0 Å². The maximum Gasteiger partial charge on any atom is 0.0227 e. The minimum absolute atomic E-state index is 0.156. The molecular weight excluding hydrogens is 484 g/mol. The number of hydrogen-bond donors (Lipinski definition) is 0. The van der Waals surface area contributed by atoms with Gasteiger partial charge in [-0.2, -0.15) is 0 Å². The van der Waals surface area contributed by atoms with Gasteiger partial charge in [0.2, 0.25) is 0 Å². The molecule has 0 radical (unpaired) electrons. The van der Waals surface area contributed by atoms with Gasteiger partial charge in [-0.3, -0.25) is 9.80 Å². The highest BCUT2D eigenvalue weighted by atomic mass is 15.3. The van der Waals surface area contributed by atoms with Crippen molar-refractivity contribution in [2.75, 3.05) is 13.1 Å². The largest absolute Gasteiger partial charge is 0.292 e. The highest BCUT2D eigenvalue weighted by Gasteiger charge is 2.52. The van der Waals surface area contributed by atoms with Crippen molar-refractivity contribution in [1.82, 2.24) is 9.80 Å². The monoisotopic (exact) mass is 544 g/mol. The average Bonchev–Trinajstić information content (AvgIpc) is 3.20. The lowest BCUT2D eigenvalue weighted by Gasteiger charge is -2.42. The van der Waals surface area contributed by atoms with E-state index in [9.17, 15) is 0 Å². The summed E-state index contributed by atoms with van der Waals surface area (Å²) in [7, 11) is 0. The van der Waals surface area contributed by atoms with Gasteiger partial charge >= 0.3 is 0 Å². The molecule has 0 amide bonds.